The van der Waals surface area contributed by atoms with Crippen molar-refractivity contribution in [1.82, 2.24) is 9.78 Å². The number of alkyl halides is 3. The predicted molar refractivity (Wildman–Crippen MR) is 66.4 cm³/mol. The maximum absolute atomic E-state index is 12.2. The number of rotatable bonds is 5. The zero-order valence-electron chi connectivity index (χ0n) is 11.6. The van der Waals surface area contributed by atoms with Gasteiger partial charge in [0, 0.05) is 14.1 Å². The van der Waals surface area contributed by atoms with E-state index in [1.807, 2.05) is 0 Å². The van der Waals surface area contributed by atoms with Crippen LogP contribution in [0.2, 0.25) is 0 Å². The number of methoxy groups -OCH3 is 1. The van der Waals surface area contributed by atoms with Crippen molar-refractivity contribution < 1.29 is 27.4 Å². The van der Waals surface area contributed by atoms with Gasteiger partial charge in [0.05, 0.1) is 13.2 Å². The van der Waals surface area contributed by atoms with Crippen molar-refractivity contribution in [2.24, 2.45) is 0 Å². The molecule has 7 nitrogen and oxygen atoms in total. The van der Waals surface area contributed by atoms with E-state index in [-0.39, 0.29) is 11.6 Å². The largest absolute Gasteiger partial charge is 0.480 e. The third kappa shape index (κ3) is 4.97. The Hall–Kier alpha value is -2.26. The highest BCUT2D eigenvalue weighted by atomic mass is 19.4. The minimum Gasteiger partial charge on any atom is -0.480 e. The van der Waals surface area contributed by atoms with Crippen LogP contribution >= 0.6 is 0 Å². The molecule has 0 fully saturated rings. The summed E-state index contributed by atoms with van der Waals surface area (Å²) in [6.07, 6.45) is -4.54. The number of nitrogens with zero attached hydrogens (tertiary/aromatic N) is 3. The molecule has 1 rings (SSSR count). The van der Waals surface area contributed by atoms with Gasteiger partial charge in [0.15, 0.2) is 18.2 Å². The predicted octanol–water partition coefficient (Wildman–Crippen LogP) is 0.423. The van der Waals surface area contributed by atoms with Crippen molar-refractivity contribution >= 4 is 11.8 Å². The van der Waals surface area contributed by atoms with Gasteiger partial charge in [-0.15, -0.1) is 5.10 Å². The summed E-state index contributed by atoms with van der Waals surface area (Å²) in [6, 6.07) is 0.844. The lowest BCUT2D eigenvalue weighted by Gasteiger charge is -2.18. The third-order valence-electron chi connectivity index (χ3n) is 2.27. The number of ether oxygens (including phenoxy) is 2. The molecule has 1 heterocycles. The zero-order valence-corrected chi connectivity index (χ0v) is 11.6. The Morgan fingerprint density at radius 1 is 1.43 bits per heavy atom. The highest BCUT2D eigenvalue weighted by Gasteiger charge is 2.29. The lowest BCUT2D eigenvalue weighted by molar-refractivity contribution is -0.153. The van der Waals surface area contributed by atoms with E-state index in [0.717, 1.165) is 17.9 Å². The molecule has 0 unspecified atom stereocenters. The molecule has 0 aromatic carbocycles. The summed E-state index contributed by atoms with van der Waals surface area (Å²) >= 11 is 0. The fourth-order valence-electron chi connectivity index (χ4n) is 1.34. The van der Waals surface area contributed by atoms with Gasteiger partial charge in [0.1, 0.15) is 6.54 Å². The molecule has 0 N–H and O–H groups in total. The van der Waals surface area contributed by atoms with Gasteiger partial charge >= 0.3 is 12.1 Å². The van der Waals surface area contributed by atoms with Crippen LogP contribution in [0.15, 0.2) is 10.9 Å². The third-order valence-corrected chi connectivity index (χ3v) is 2.27. The van der Waals surface area contributed by atoms with Gasteiger partial charge in [-0.25, -0.2) is 4.68 Å². The highest BCUT2D eigenvalue weighted by Crippen LogP contribution is 2.24. The van der Waals surface area contributed by atoms with E-state index in [9.17, 15) is 22.8 Å². The number of carbonyl (C=O) groups is 1. The van der Waals surface area contributed by atoms with Crippen molar-refractivity contribution in [1.29, 1.82) is 0 Å². The lowest BCUT2D eigenvalue weighted by Crippen LogP contribution is -2.30. The summed E-state index contributed by atoms with van der Waals surface area (Å²) in [4.78, 5) is 24.2. The Bertz CT molecular complexity index is 569. The molecule has 0 atom stereocenters. The molecule has 0 aliphatic carbocycles. The SMILES string of the molecule is COC(=O)Cn1nc(N(C)C)c(OCC(F)(F)F)cc1=O. The molecule has 0 spiro atoms. The second kappa shape index (κ2) is 6.46. The number of hydrogen-bond acceptors (Lipinski definition) is 6. The van der Waals surface area contributed by atoms with Crippen LogP contribution in [0, 0.1) is 0 Å². The van der Waals surface area contributed by atoms with Crippen molar-refractivity contribution in [2.45, 2.75) is 12.7 Å². The number of anilines is 1. The van der Waals surface area contributed by atoms with Gasteiger partial charge in [-0.3, -0.25) is 9.59 Å². The molecule has 0 saturated carbocycles. The Morgan fingerprint density at radius 2 is 2.05 bits per heavy atom. The average Bonchev–Trinajstić information content (AvgIpc) is 2.37. The van der Waals surface area contributed by atoms with Crippen LogP contribution in [-0.2, 0) is 16.1 Å². The lowest BCUT2D eigenvalue weighted by atomic mass is 10.4. The molecular formula is C11H14F3N3O4. The fraction of sp³-hybridized carbons (Fsp3) is 0.545. The number of halogens is 3. The van der Waals surface area contributed by atoms with Crippen LogP contribution in [0.3, 0.4) is 0 Å². The molecule has 1 aromatic rings. The maximum atomic E-state index is 12.2. The second-order valence-corrected chi connectivity index (χ2v) is 4.20. The van der Waals surface area contributed by atoms with Crippen LogP contribution in [-0.4, -0.2) is 49.7 Å². The quantitative estimate of drug-likeness (QED) is 0.734. The molecule has 1 aromatic heterocycles. The molecule has 0 saturated heterocycles. The van der Waals surface area contributed by atoms with Crippen LogP contribution < -0.4 is 15.2 Å². The van der Waals surface area contributed by atoms with E-state index >= 15 is 0 Å². The summed E-state index contributed by atoms with van der Waals surface area (Å²) in [5.41, 5.74) is -0.775. The van der Waals surface area contributed by atoms with Crippen molar-refractivity contribution in [3.8, 4) is 5.75 Å². The molecule has 0 amide bonds. The number of esters is 1. The van der Waals surface area contributed by atoms with E-state index in [2.05, 4.69) is 14.6 Å². The van der Waals surface area contributed by atoms with Gasteiger partial charge < -0.3 is 14.4 Å². The Balaban J connectivity index is 3.12. The zero-order chi connectivity index (χ0) is 16.2. The fourth-order valence-corrected chi connectivity index (χ4v) is 1.34. The standard InChI is InChI=1S/C11H14F3N3O4/c1-16(2)10-7(21-6-11(12,13)14)4-8(18)17(15-10)5-9(19)20-3/h4H,5-6H2,1-3H3. The molecule has 0 bridgehead atoms. The number of aromatic nitrogens is 2. The van der Waals surface area contributed by atoms with Gasteiger partial charge in [0.25, 0.3) is 5.56 Å². The van der Waals surface area contributed by atoms with Gasteiger partial charge in [0.2, 0.25) is 0 Å². The van der Waals surface area contributed by atoms with Crippen LogP contribution in [0.5, 0.6) is 5.75 Å². The van der Waals surface area contributed by atoms with Gasteiger partial charge in [-0.05, 0) is 0 Å². The van der Waals surface area contributed by atoms with E-state index in [1.165, 1.54) is 19.0 Å². The maximum Gasteiger partial charge on any atom is 0.422 e. The highest BCUT2D eigenvalue weighted by molar-refractivity contribution is 5.68. The van der Waals surface area contributed by atoms with E-state index in [1.54, 1.807) is 0 Å². The summed E-state index contributed by atoms with van der Waals surface area (Å²) < 4.78 is 46.3. The van der Waals surface area contributed by atoms with Gasteiger partial charge in [-0.1, -0.05) is 0 Å². The minimum absolute atomic E-state index is 0.0113. The van der Waals surface area contributed by atoms with E-state index < -0.39 is 30.9 Å². The first-order valence-electron chi connectivity index (χ1n) is 5.70. The molecule has 21 heavy (non-hydrogen) atoms. The molecule has 0 aliphatic rings. The molecular weight excluding hydrogens is 295 g/mol. The Labute approximate surface area is 117 Å². The van der Waals surface area contributed by atoms with Crippen LogP contribution in [0.25, 0.3) is 0 Å². The van der Waals surface area contributed by atoms with Gasteiger partial charge in [-0.2, -0.15) is 13.2 Å². The monoisotopic (exact) mass is 309 g/mol. The Morgan fingerprint density at radius 3 is 2.52 bits per heavy atom. The topological polar surface area (TPSA) is 73.7 Å². The molecule has 0 radical (unpaired) electrons. The number of carbonyl (C=O) groups excluding carboxylic acids is 1. The first-order chi connectivity index (χ1) is 9.64. The van der Waals surface area contributed by atoms with Crippen LogP contribution in [0.1, 0.15) is 0 Å². The summed E-state index contributed by atoms with van der Waals surface area (Å²) in [5.74, 6) is -1.04. The van der Waals surface area contributed by atoms with Crippen molar-refractivity contribution in [3.63, 3.8) is 0 Å². The van der Waals surface area contributed by atoms with E-state index in [4.69, 9.17) is 0 Å². The molecule has 118 valence electrons. The molecule has 0 aliphatic heterocycles. The molecule has 10 heteroatoms. The number of hydrogen-bond donors (Lipinski definition) is 0. The average molecular weight is 309 g/mol. The van der Waals surface area contributed by atoms with Crippen LogP contribution in [0.4, 0.5) is 19.0 Å². The van der Waals surface area contributed by atoms with Crippen molar-refractivity contribution in [3.05, 3.63) is 16.4 Å². The minimum atomic E-state index is -4.54. The normalized spacial score (nSPS) is 11.1. The Kier molecular flexibility index (Phi) is 5.17. The first-order valence-corrected chi connectivity index (χ1v) is 5.70. The first kappa shape index (κ1) is 16.8. The summed E-state index contributed by atoms with van der Waals surface area (Å²) in [7, 11) is 4.16. The van der Waals surface area contributed by atoms with Crippen molar-refractivity contribution in [2.75, 3.05) is 32.7 Å². The smallest absolute Gasteiger partial charge is 0.422 e. The summed E-state index contributed by atoms with van der Waals surface area (Å²) in [5, 5.41) is 3.80. The van der Waals surface area contributed by atoms with E-state index in [0.29, 0.717) is 0 Å². The second-order valence-electron chi connectivity index (χ2n) is 4.20. The summed E-state index contributed by atoms with van der Waals surface area (Å²) in [6.45, 7) is -1.99.